The van der Waals surface area contributed by atoms with Crippen LogP contribution in [0.4, 0.5) is 5.82 Å². The number of anilines is 1. The average Bonchev–Trinajstić information content (AvgIpc) is 2.68. The van der Waals surface area contributed by atoms with Crippen LogP contribution in [0.1, 0.15) is 0 Å². The van der Waals surface area contributed by atoms with E-state index in [-0.39, 0.29) is 0 Å². The van der Waals surface area contributed by atoms with Crippen LogP contribution in [0.3, 0.4) is 0 Å². The van der Waals surface area contributed by atoms with Crippen molar-refractivity contribution in [2.24, 2.45) is 0 Å². The summed E-state index contributed by atoms with van der Waals surface area (Å²) in [6.45, 7) is 3.71. The van der Waals surface area contributed by atoms with Gasteiger partial charge in [-0.3, -0.25) is 4.68 Å². The normalized spacial score (nSPS) is 10.8. The van der Waals surface area contributed by atoms with Crippen LogP contribution in [0.5, 0.6) is 0 Å². The molecule has 6 nitrogen and oxygen atoms in total. The Kier molecular flexibility index (Phi) is 6.55. The molecule has 2 N–H and O–H groups in total. The van der Waals surface area contributed by atoms with Crippen molar-refractivity contribution >= 4 is 5.82 Å². The smallest absolute Gasteiger partial charge is 0.145 e. The van der Waals surface area contributed by atoms with Crippen molar-refractivity contribution in [2.45, 2.75) is 6.54 Å². The van der Waals surface area contributed by atoms with Gasteiger partial charge in [-0.2, -0.15) is 5.10 Å². The van der Waals surface area contributed by atoms with Crippen molar-refractivity contribution in [3.8, 4) is 0 Å². The van der Waals surface area contributed by atoms with E-state index in [1.807, 2.05) is 6.20 Å². The van der Waals surface area contributed by atoms with Crippen LogP contribution in [-0.2, 0) is 20.8 Å². The van der Waals surface area contributed by atoms with Crippen molar-refractivity contribution in [2.75, 3.05) is 45.9 Å². The van der Waals surface area contributed by atoms with Crippen LogP contribution >= 0.6 is 0 Å². The van der Waals surface area contributed by atoms with Gasteiger partial charge in [0.15, 0.2) is 0 Å². The number of hydrogen-bond acceptors (Lipinski definition) is 5. The summed E-state index contributed by atoms with van der Waals surface area (Å²) in [7, 11) is 1.65. The van der Waals surface area contributed by atoms with Gasteiger partial charge in [0.1, 0.15) is 5.82 Å². The molecule has 0 aliphatic rings. The minimum absolute atomic E-state index is 0.530. The number of methoxy groups -OCH3 is 1. The predicted molar refractivity (Wildman–Crippen MR) is 60.2 cm³/mol. The van der Waals surface area contributed by atoms with E-state index in [9.17, 15) is 0 Å². The van der Waals surface area contributed by atoms with Crippen LogP contribution in [0.25, 0.3) is 0 Å². The molecule has 0 aliphatic carbocycles. The monoisotopic (exact) mass is 229 g/mol. The average molecular weight is 229 g/mol. The highest BCUT2D eigenvalue weighted by molar-refractivity contribution is 5.23. The zero-order valence-corrected chi connectivity index (χ0v) is 9.59. The van der Waals surface area contributed by atoms with Gasteiger partial charge in [0, 0.05) is 13.3 Å². The summed E-state index contributed by atoms with van der Waals surface area (Å²) in [5.41, 5.74) is 5.47. The number of rotatable bonds is 9. The Hall–Kier alpha value is -1.11. The molecule has 0 amide bonds. The van der Waals surface area contributed by atoms with Gasteiger partial charge in [-0.25, -0.2) is 0 Å². The van der Waals surface area contributed by atoms with Crippen molar-refractivity contribution in [1.82, 2.24) is 9.78 Å². The maximum absolute atomic E-state index is 5.47. The minimum Gasteiger partial charge on any atom is -0.382 e. The van der Waals surface area contributed by atoms with Gasteiger partial charge in [0.25, 0.3) is 0 Å². The Morgan fingerprint density at radius 3 is 2.50 bits per heavy atom. The van der Waals surface area contributed by atoms with Crippen LogP contribution in [0.2, 0.25) is 0 Å². The first kappa shape index (κ1) is 13.0. The third-order valence-corrected chi connectivity index (χ3v) is 1.93. The first-order valence-corrected chi connectivity index (χ1v) is 5.26. The lowest BCUT2D eigenvalue weighted by Crippen LogP contribution is -2.12. The third-order valence-electron chi connectivity index (χ3n) is 1.93. The Bertz CT molecular complexity index is 278. The number of aromatic nitrogens is 2. The molecule has 6 heteroatoms. The van der Waals surface area contributed by atoms with E-state index in [4.69, 9.17) is 19.9 Å². The van der Waals surface area contributed by atoms with Gasteiger partial charge in [-0.05, 0) is 6.07 Å². The van der Waals surface area contributed by atoms with Crippen molar-refractivity contribution < 1.29 is 14.2 Å². The molecule has 0 radical (unpaired) electrons. The maximum Gasteiger partial charge on any atom is 0.145 e. The second-order valence-corrected chi connectivity index (χ2v) is 3.22. The summed E-state index contributed by atoms with van der Waals surface area (Å²) in [4.78, 5) is 0. The highest BCUT2D eigenvalue weighted by Gasteiger charge is 1.94. The van der Waals surface area contributed by atoms with Gasteiger partial charge >= 0.3 is 0 Å². The molecular weight excluding hydrogens is 210 g/mol. The summed E-state index contributed by atoms with van der Waals surface area (Å²) < 4.78 is 17.2. The summed E-state index contributed by atoms with van der Waals surface area (Å²) >= 11 is 0. The lowest BCUT2D eigenvalue weighted by atomic mass is 10.6. The second kappa shape index (κ2) is 8.09. The first-order chi connectivity index (χ1) is 7.83. The molecule has 16 heavy (non-hydrogen) atoms. The van der Waals surface area contributed by atoms with E-state index in [0.29, 0.717) is 45.4 Å². The topological polar surface area (TPSA) is 71.5 Å². The third kappa shape index (κ3) is 5.69. The van der Waals surface area contributed by atoms with E-state index in [1.165, 1.54) is 0 Å². The fraction of sp³-hybridized carbons (Fsp3) is 0.700. The summed E-state index contributed by atoms with van der Waals surface area (Å²) in [5, 5.41) is 4.04. The fourth-order valence-corrected chi connectivity index (χ4v) is 1.12. The molecule has 1 aromatic heterocycles. The Morgan fingerprint density at radius 1 is 1.19 bits per heavy atom. The van der Waals surface area contributed by atoms with Gasteiger partial charge < -0.3 is 19.9 Å². The molecule has 0 spiro atoms. The van der Waals surface area contributed by atoms with E-state index < -0.39 is 0 Å². The number of ether oxygens (including phenoxy) is 3. The highest BCUT2D eigenvalue weighted by atomic mass is 16.5. The Balaban J connectivity index is 1.88. The van der Waals surface area contributed by atoms with Crippen LogP contribution in [0, 0.1) is 0 Å². The van der Waals surface area contributed by atoms with Crippen molar-refractivity contribution in [1.29, 1.82) is 0 Å². The predicted octanol–water partition coefficient (Wildman–Crippen LogP) is 0.145. The Morgan fingerprint density at radius 2 is 1.88 bits per heavy atom. The molecule has 92 valence electrons. The molecule has 1 aromatic rings. The fourth-order valence-electron chi connectivity index (χ4n) is 1.12. The molecule has 0 saturated heterocycles. The van der Waals surface area contributed by atoms with Gasteiger partial charge in [0.05, 0.1) is 39.6 Å². The molecular formula is C10H19N3O3. The number of nitrogens with zero attached hydrogens (tertiary/aromatic N) is 2. The number of nitrogens with two attached hydrogens (primary N) is 1. The summed E-state index contributed by atoms with van der Waals surface area (Å²) in [6, 6.07) is 1.76. The van der Waals surface area contributed by atoms with Crippen LogP contribution in [0.15, 0.2) is 12.3 Å². The number of nitrogen functional groups attached to an aromatic ring is 1. The Labute approximate surface area is 95.3 Å². The molecule has 0 saturated carbocycles. The standard InChI is InChI=1S/C10H19N3O3/c1-14-6-7-16-9-8-15-5-4-13-3-2-10(11)12-13/h2-3H,4-9H2,1H3,(H2,11,12). The molecule has 0 aromatic carbocycles. The zero-order valence-electron chi connectivity index (χ0n) is 9.59. The second-order valence-electron chi connectivity index (χ2n) is 3.22. The lowest BCUT2D eigenvalue weighted by Gasteiger charge is -2.05. The van der Waals surface area contributed by atoms with E-state index in [0.717, 1.165) is 0 Å². The largest absolute Gasteiger partial charge is 0.382 e. The van der Waals surface area contributed by atoms with Crippen molar-refractivity contribution in [3.63, 3.8) is 0 Å². The molecule has 1 rings (SSSR count). The molecule has 0 aliphatic heterocycles. The molecule has 0 fully saturated rings. The summed E-state index contributed by atoms with van der Waals surface area (Å²) in [6.07, 6.45) is 1.83. The van der Waals surface area contributed by atoms with Crippen LogP contribution in [-0.4, -0.2) is 49.9 Å². The molecule has 0 unspecified atom stereocenters. The van der Waals surface area contributed by atoms with Crippen LogP contribution < -0.4 is 5.73 Å². The van der Waals surface area contributed by atoms with E-state index >= 15 is 0 Å². The van der Waals surface area contributed by atoms with E-state index in [1.54, 1.807) is 17.9 Å². The molecule has 1 heterocycles. The van der Waals surface area contributed by atoms with Gasteiger partial charge in [-0.15, -0.1) is 0 Å². The molecule has 0 bridgehead atoms. The highest BCUT2D eigenvalue weighted by Crippen LogP contribution is 1.95. The summed E-state index contributed by atoms with van der Waals surface area (Å²) in [5.74, 6) is 0.530. The zero-order chi connectivity index (χ0) is 11.6. The lowest BCUT2D eigenvalue weighted by molar-refractivity contribution is 0.0225. The van der Waals surface area contributed by atoms with E-state index in [2.05, 4.69) is 5.10 Å². The molecule has 0 atom stereocenters. The minimum atomic E-state index is 0.530. The van der Waals surface area contributed by atoms with Gasteiger partial charge in [0.2, 0.25) is 0 Å². The van der Waals surface area contributed by atoms with Gasteiger partial charge in [-0.1, -0.05) is 0 Å². The first-order valence-electron chi connectivity index (χ1n) is 5.26. The maximum atomic E-state index is 5.47. The SMILES string of the molecule is COCCOCCOCCn1ccc(N)n1. The number of hydrogen-bond donors (Lipinski definition) is 1. The quantitative estimate of drug-likeness (QED) is 0.610. The van der Waals surface area contributed by atoms with Crippen molar-refractivity contribution in [3.05, 3.63) is 12.3 Å².